The zero-order chi connectivity index (χ0) is 3.58. The molecule has 0 spiro atoms. The van der Waals surface area contributed by atoms with Gasteiger partial charge < -0.3 is 5.73 Å². The van der Waals surface area contributed by atoms with Crippen molar-refractivity contribution in [2.75, 3.05) is 0 Å². The predicted octanol–water partition coefficient (Wildman–Crippen LogP) is -0.0167. The van der Waals surface area contributed by atoms with Crippen molar-refractivity contribution in [1.29, 1.82) is 5.41 Å². The van der Waals surface area contributed by atoms with E-state index in [0.29, 0.717) is 0 Å². The van der Waals surface area contributed by atoms with Gasteiger partial charge in [-0.25, -0.2) is 0 Å². The fourth-order valence-electron chi connectivity index (χ4n) is 0. The van der Waals surface area contributed by atoms with Crippen LogP contribution in [0.1, 0.15) is 6.92 Å². The fourth-order valence-corrected chi connectivity index (χ4v) is 0. The summed E-state index contributed by atoms with van der Waals surface area (Å²) in [6.45, 7) is 1.53. The number of rotatable bonds is 0. The predicted molar refractivity (Wildman–Crippen MR) is 30.6 cm³/mol. The first-order valence-corrected chi connectivity index (χ1v) is 1.04. The van der Waals surface area contributed by atoms with E-state index in [2.05, 4.69) is 0 Å². The van der Waals surface area contributed by atoms with Crippen molar-refractivity contribution in [2.45, 2.75) is 6.92 Å². The molecule has 0 aromatic rings. The molecule has 0 saturated carbocycles. The molecule has 0 rings (SSSR count). The quantitative estimate of drug-likeness (QED) is 0.262. The van der Waals surface area contributed by atoms with Crippen molar-refractivity contribution in [3.05, 3.63) is 0 Å². The molecular weight excluding hydrogens is 110 g/mol. The summed E-state index contributed by atoms with van der Waals surface area (Å²) in [5, 5.41) is 6.28. The minimum absolute atomic E-state index is 0. The summed E-state index contributed by atoms with van der Waals surface area (Å²) < 4.78 is 0. The van der Waals surface area contributed by atoms with Gasteiger partial charge in [0.15, 0.2) is 0 Å². The molecule has 3 N–H and O–H groups in total. The fraction of sp³-hybridized carbons (Fsp3) is 0.500. The Labute approximate surface area is 65.7 Å². The van der Waals surface area contributed by atoms with Gasteiger partial charge in [0, 0.05) is 29.6 Å². The Kier molecular flexibility index (Phi) is 24.4. The van der Waals surface area contributed by atoms with Crippen LogP contribution in [-0.4, -0.2) is 35.4 Å². The molecule has 0 aliphatic heterocycles. The van der Waals surface area contributed by atoms with E-state index < -0.39 is 0 Å². The normalized spacial score (nSPS) is 4.17. The Morgan fingerprint density at radius 2 is 1.67 bits per heavy atom. The van der Waals surface area contributed by atoms with E-state index in [9.17, 15) is 0 Å². The van der Waals surface area contributed by atoms with Crippen LogP contribution in [0.5, 0.6) is 0 Å². The molecule has 0 aliphatic rings. The first-order chi connectivity index (χ1) is 1.73. The third kappa shape index (κ3) is 117. The van der Waals surface area contributed by atoms with Gasteiger partial charge in [-0.15, -0.1) is 12.4 Å². The molecule has 2 nitrogen and oxygen atoms in total. The number of amidine groups is 1. The molecule has 0 atom stereocenters. The second-order valence-electron chi connectivity index (χ2n) is 0.683. The van der Waals surface area contributed by atoms with Crippen LogP contribution in [0.2, 0.25) is 0 Å². The molecule has 0 aromatic carbocycles. The maximum Gasteiger partial charge on any atom is 0.0873 e. The summed E-state index contributed by atoms with van der Waals surface area (Å²) >= 11 is 0. The molecule has 0 aliphatic carbocycles. The third-order valence-corrected chi connectivity index (χ3v) is 0. The molecule has 0 unspecified atom stereocenters. The Balaban J connectivity index is -0.0000000450. The summed E-state index contributed by atoms with van der Waals surface area (Å²) in [5.41, 5.74) is 4.69. The van der Waals surface area contributed by atoms with Gasteiger partial charge >= 0.3 is 0 Å². The zero-order valence-corrected chi connectivity index (χ0v) is 6.80. The second kappa shape index (κ2) is 9.23. The van der Waals surface area contributed by atoms with Gasteiger partial charge in [0.25, 0.3) is 0 Å². The van der Waals surface area contributed by atoms with Gasteiger partial charge in [-0.2, -0.15) is 0 Å². The van der Waals surface area contributed by atoms with Crippen LogP contribution in [0.4, 0.5) is 0 Å². The van der Waals surface area contributed by atoms with E-state index in [1.165, 1.54) is 6.92 Å². The minimum atomic E-state index is 0. The summed E-state index contributed by atoms with van der Waals surface area (Å²) in [6, 6.07) is 0. The Morgan fingerprint density at radius 3 is 1.67 bits per heavy atom. The van der Waals surface area contributed by atoms with Crippen LogP contribution in [0.25, 0.3) is 0 Å². The molecule has 4 heteroatoms. The maximum atomic E-state index is 6.28. The molecule has 0 amide bonds. The number of halogens is 1. The maximum absolute atomic E-state index is 6.28. The van der Waals surface area contributed by atoms with Gasteiger partial charge in [0.2, 0.25) is 0 Å². The van der Waals surface area contributed by atoms with Gasteiger partial charge in [-0.3, -0.25) is 5.41 Å². The van der Waals surface area contributed by atoms with Crippen molar-refractivity contribution in [3.63, 3.8) is 0 Å². The summed E-state index contributed by atoms with van der Waals surface area (Å²) in [5.74, 6) is 0.167. The summed E-state index contributed by atoms with van der Waals surface area (Å²) in [4.78, 5) is 0. The average Bonchev–Trinajstić information content (AvgIpc) is 0.811. The van der Waals surface area contributed by atoms with Crippen LogP contribution >= 0.6 is 12.4 Å². The molecular formula is C2H7ClN2Na. The van der Waals surface area contributed by atoms with Gasteiger partial charge in [0.05, 0.1) is 5.84 Å². The van der Waals surface area contributed by atoms with Crippen molar-refractivity contribution in [2.24, 2.45) is 5.73 Å². The van der Waals surface area contributed by atoms with Crippen LogP contribution in [-0.2, 0) is 0 Å². The molecule has 0 heterocycles. The molecule has 0 aromatic heterocycles. The Hall–Kier alpha value is 0.760. The summed E-state index contributed by atoms with van der Waals surface area (Å²) in [6.07, 6.45) is 0. The first kappa shape index (κ1) is 15.9. The van der Waals surface area contributed by atoms with E-state index in [-0.39, 0.29) is 47.8 Å². The topological polar surface area (TPSA) is 49.9 Å². The molecule has 0 bridgehead atoms. The van der Waals surface area contributed by atoms with Crippen molar-refractivity contribution in [3.8, 4) is 0 Å². The number of nitrogens with two attached hydrogens (primary N) is 1. The summed E-state index contributed by atoms with van der Waals surface area (Å²) in [7, 11) is 0. The van der Waals surface area contributed by atoms with Crippen molar-refractivity contribution in [1.82, 2.24) is 0 Å². The van der Waals surface area contributed by atoms with Crippen LogP contribution in [0, 0.1) is 5.41 Å². The first-order valence-electron chi connectivity index (χ1n) is 1.04. The van der Waals surface area contributed by atoms with E-state index in [1.807, 2.05) is 0 Å². The van der Waals surface area contributed by atoms with Crippen molar-refractivity contribution < 1.29 is 0 Å². The molecule has 0 fully saturated rings. The number of hydrogen-bond donors (Lipinski definition) is 2. The van der Waals surface area contributed by atoms with Gasteiger partial charge in [-0.05, 0) is 6.92 Å². The molecule has 6 heavy (non-hydrogen) atoms. The molecule has 1 radical (unpaired) electrons. The number of nitrogens with one attached hydrogen (secondary N) is 1. The van der Waals surface area contributed by atoms with Crippen LogP contribution < -0.4 is 5.73 Å². The SMILES string of the molecule is CC(=N)N.Cl.[Na]. The third-order valence-electron chi connectivity index (χ3n) is 0. The molecule has 33 valence electrons. The monoisotopic (exact) mass is 117 g/mol. The van der Waals surface area contributed by atoms with Crippen LogP contribution in [0.3, 0.4) is 0 Å². The van der Waals surface area contributed by atoms with Gasteiger partial charge in [-0.1, -0.05) is 0 Å². The number of hydrogen-bond acceptors (Lipinski definition) is 1. The Bertz CT molecular complexity index is 34.5. The standard InChI is InChI=1S/C2H6N2.ClH.Na/c1-2(3)4;;/h1H3,(H3,3,4);1H;. The van der Waals surface area contributed by atoms with Gasteiger partial charge in [0.1, 0.15) is 0 Å². The van der Waals surface area contributed by atoms with Crippen LogP contribution in [0.15, 0.2) is 0 Å². The van der Waals surface area contributed by atoms with E-state index in [1.54, 1.807) is 0 Å². The largest absolute Gasteiger partial charge is 0.388 e. The van der Waals surface area contributed by atoms with E-state index in [4.69, 9.17) is 11.1 Å². The average molecular weight is 118 g/mol. The second-order valence-corrected chi connectivity index (χ2v) is 0.683. The van der Waals surface area contributed by atoms with Crippen molar-refractivity contribution >= 4 is 47.8 Å². The molecule has 0 saturated heterocycles. The Morgan fingerprint density at radius 1 is 1.67 bits per heavy atom. The van der Waals surface area contributed by atoms with E-state index in [0.717, 1.165) is 0 Å². The smallest absolute Gasteiger partial charge is 0.0873 e. The van der Waals surface area contributed by atoms with E-state index >= 15 is 0 Å². The zero-order valence-electron chi connectivity index (χ0n) is 3.99. The minimum Gasteiger partial charge on any atom is -0.388 e.